The molecule has 1 aromatic carbocycles. The lowest BCUT2D eigenvalue weighted by Gasteiger charge is -2.45. The van der Waals surface area contributed by atoms with Crippen LogP contribution in [0.2, 0.25) is 0 Å². The Bertz CT molecular complexity index is 968. The van der Waals surface area contributed by atoms with Crippen LogP contribution >= 0.6 is 0 Å². The number of urea groups is 1. The van der Waals surface area contributed by atoms with Crippen molar-refractivity contribution in [2.24, 2.45) is 0 Å². The van der Waals surface area contributed by atoms with Gasteiger partial charge in [-0.25, -0.2) is 4.79 Å². The molecule has 0 radical (unpaired) electrons. The van der Waals surface area contributed by atoms with E-state index in [1.54, 1.807) is 6.20 Å². The molecule has 3 aliphatic rings. The van der Waals surface area contributed by atoms with Crippen LogP contribution in [0.15, 0.2) is 48.7 Å². The Morgan fingerprint density at radius 1 is 1.03 bits per heavy atom. The molecule has 6 nitrogen and oxygen atoms in total. The van der Waals surface area contributed by atoms with Gasteiger partial charge < -0.3 is 4.90 Å². The third kappa shape index (κ3) is 3.43. The summed E-state index contributed by atoms with van der Waals surface area (Å²) in [6, 6.07) is 14.7. The number of benzene rings is 1. The van der Waals surface area contributed by atoms with Crippen LogP contribution < -0.4 is 0 Å². The maximum absolute atomic E-state index is 13.5. The Hall–Kier alpha value is -2.73. The SMILES string of the molecule is CCN1C(=O)N(Cc2ccccn2)C(=O)C12CCN([C@H]1CCc3ccccc3C1)CC2. The van der Waals surface area contributed by atoms with Gasteiger partial charge >= 0.3 is 6.03 Å². The van der Waals surface area contributed by atoms with Crippen molar-refractivity contribution >= 4 is 11.9 Å². The smallest absolute Gasteiger partial charge is 0.310 e. The van der Waals surface area contributed by atoms with Crippen molar-refractivity contribution < 1.29 is 9.59 Å². The Morgan fingerprint density at radius 3 is 2.48 bits per heavy atom. The summed E-state index contributed by atoms with van der Waals surface area (Å²) in [5, 5.41) is 0. The Morgan fingerprint density at radius 2 is 1.77 bits per heavy atom. The first-order chi connectivity index (χ1) is 15.1. The lowest BCUT2D eigenvalue weighted by Crippen LogP contribution is -2.58. The number of pyridine rings is 1. The van der Waals surface area contributed by atoms with Gasteiger partial charge in [-0.2, -0.15) is 0 Å². The normalized spacial score (nSPS) is 23.5. The Kier molecular flexibility index (Phi) is 5.26. The number of likely N-dealkylation sites (tertiary alicyclic amines) is 1. The topological polar surface area (TPSA) is 56.8 Å². The standard InChI is InChI=1S/C25H30N4O2/c1-2-29-24(31)28(18-21-9-5-6-14-26-21)23(30)25(29)12-15-27(16-13-25)22-11-10-19-7-3-4-8-20(19)17-22/h3-9,14,22H,2,10-13,15-18H2,1H3/t22-/m0/s1. The minimum Gasteiger partial charge on any atom is -0.310 e. The largest absolute Gasteiger partial charge is 0.328 e. The van der Waals surface area contributed by atoms with Crippen LogP contribution in [0.5, 0.6) is 0 Å². The molecular formula is C25H30N4O2. The molecule has 0 unspecified atom stereocenters. The summed E-state index contributed by atoms with van der Waals surface area (Å²) < 4.78 is 0. The molecule has 2 fully saturated rings. The molecule has 2 aliphatic heterocycles. The number of aryl methyl sites for hydroxylation is 1. The molecular weight excluding hydrogens is 388 g/mol. The zero-order valence-corrected chi connectivity index (χ0v) is 18.2. The number of rotatable bonds is 4. The highest BCUT2D eigenvalue weighted by atomic mass is 16.2. The summed E-state index contributed by atoms with van der Waals surface area (Å²) in [5.41, 5.74) is 2.99. The molecule has 1 aliphatic carbocycles. The van der Waals surface area contributed by atoms with Gasteiger partial charge in [0.1, 0.15) is 5.54 Å². The summed E-state index contributed by atoms with van der Waals surface area (Å²) in [6.07, 6.45) is 6.50. The number of nitrogens with zero attached hydrogens (tertiary/aromatic N) is 4. The van der Waals surface area contributed by atoms with Gasteiger partial charge in [-0.05, 0) is 62.3 Å². The number of piperidine rings is 1. The van der Waals surface area contributed by atoms with Crippen LogP contribution in [0.1, 0.15) is 43.0 Å². The highest BCUT2D eigenvalue weighted by Gasteiger charge is 2.57. The fourth-order valence-electron chi connectivity index (χ4n) is 5.75. The van der Waals surface area contributed by atoms with E-state index in [2.05, 4.69) is 34.1 Å². The molecule has 0 saturated carbocycles. The third-order valence-electron chi connectivity index (χ3n) is 7.45. The molecule has 1 atom stereocenters. The molecule has 2 saturated heterocycles. The van der Waals surface area contributed by atoms with Gasteiger partial charge in [0.05, 0.1) is 12.2 Å². The molecule has 162 valence electrons. The molecule has 6 heteroatoms. The summed E-state index contributed by atoms with van der Waals surface area (Å²) >= 11 is 0. The van der Waals surface area contributed by atoms with E-state index in [0.717, 1.165) is 31.6 Å². The van der Waals surface area contributed by atoms with Crippen molar-refractivity contribution in [1.29, 1.82) is 0 Å². The Labute approximate surface area is 183 Å². The summed E-state index contributed by atoms with van der Waals surface area (Å²) in [7, 11) is 0. The number of imide groups is 1. The summed E-state index contributed by atoms with van der Waals surface area (Å²) in [4.78, 5) is 36.8. The van der Waals surface area contributed by atoms with Crippen molar-refractivity contribution in [2.45, 2.75) is 57.2 Å². The highest BCUT2D eigenvalue weighted by molar-refractivity contribution is 6.07. The van der Waals surface area contributed by atoms with Gasteiger partial charge in [0.15, 0.2) is 0 Å². The van der Waals surface area contributed by atoms with Crippen LogP contribution in [0.4, 0.5) is 4.79 Å². The van der Waals surface area contributed by atoms with Crippen LogP contribution in [0.25, 0.3) is 0 Å². The quantitative estimate of drug-likeness (QED) is 0.716. The summed E-state index contributed by atoms with van der Waals surface area (Å²) in [6.45, 7) is 4.50. The molecule has 3 amide bonds. The molecule has 2 aromatic rings. The zero-order valence-electron chi connectivity index (χ0n) is 18.2. The number of carbonyl (C=O) groups is 2. The van der Waals surface area contributed by atoms with Crippen molar-refractivity contribution in [3.8, 4) is 0 Å². The van der Waals surface area contributed by atoms with E-state index in [0.29, 0.717) is 25.4 Å². The highest BCUT2D eigenvalue weighted by Crippen LogP contribution is 2.39. The summed E-state index contributed by atoms with van der Waals surface area (Å²) in [5.74, 6) is -0.0429. The van der Waals surface area contributed by atoms with E-state index in [1.165, 1.54) is 22.4 Å². The van der Waals surface area contributed by atoms with Gasteiger partial charge in [0, 0.05) is 31.9 Å². The lowest BCUT2D eigenvalue weighted by atomic mass is 9.82. The predicted octanol–water partition coefficient (Wildman–Crippen LogP) is 3.26. The van der Waals surface area contributed by atoms with E-state index < -0.39 is 5.54 Å². The van der Waals surface area contributed by atoms with Crippen LogP contribution in [0, 0.1) is 0 Å². The molecule has 3 heterocycles. The maximum atomic E-state index is 13.5. The number of fused-ring (bicyclic) bond motifs is 1. The average Bonchev–Trinajstić information content (AvgIpc) is 3.00. The molecule has 1 aromatic heterocycles. The monoisotopic (exact) mass is 418 g/mol. The molecule has 5 rings (SSSR count). The van der Waals surface area contributed by atoms with E-state index in [1.807, 2.05) is 30.0 Å². The van der Waals surface area contributed by atoms with Gasteiger partial charge in [0.2, 0.25) is 0 Å². The maximum Gasteiger partial charge on any atom is 0.328 e. The first-order valence-corrected chi connectivity index (χ1v) is 11.5. The van der Waals surface area contributed by atoms with Crippen molar-refractivity contribution in [1.82, 2.24) is 19.7 Å². The predicted molar refractivity (Wildman–Crippen MR) is 118 cm³/mol. The average molecular weight is 419 g/mol. The molecule has 31 heavy (non-hydrogen) atoms. The third-order valence-corrected chi connectivity index (χ3v) is 7.45. The van der Waals surface area contributed by atoms with Gasteiger partial charge in [-0.15, -0.1) is 0 Å². The first-order valence-electron chi connectivity index (χ1n) is 11.5. The second kappa shape index (κ2) is 8.08. The van der Waals surface area contributed by atoms with Crippen molar-refractivity contribution in [3.63, 3.8) is 0 Å². The van der Waals surface area contributed by atoms with E-state index in [9.17, 15) is 9.59 Å². The first kappa shape index (κ1) is 20.2. The number of amides is 3. The number of hydrogen-bond donors (Lipinski definition) is 0. The van der Waals surface area contributed by atoms with Crippen LogP contribution in [0.3, 0.4) is 0 Å². The van der Waals surface area contributed by atoms with Crippen molar-refractivity contribution in [3.05, 3.63) is 65.5 Å². The zero-order chi connectivity index (χ0) is 21.4. The van der Waals surface area contributed by atoms with E-state index in [4.69, 9.17) is 0 Å². The van der Waals surface area contributed by atoms with Crippen molar-refractivity contribution in [2.75, 3.05) is 19.6 Å². The molecule has 0 N–H and O–H groups in total. The van der Waals surface area contributed by atoms with Gasteiger partial charge in [0.25, 0.3) is 5.91 Å². The number of aromatic nitrogens is 1. The number of hydrogen-bond acceptors (Lipinski definition) is 4. The second-order valence-corrected chi connectivity index (χ2v) is 8.97. The fourth-order valence-corrected chi connectivity index (χ4v) is 5.75. The Balaban J connectivity index is 1.30. The second-order valence-electron chi connectivity index (χ2n) is 8.97. The molecule has 1 spiro atoms. The van der Waals surface area contributed by atoms with Gasteiger partial charge in [-0.3, -0.25) is 19.6 Å². The van der Waals surface area contributed by atoms with E-state index in [-0.39, 0.29) is 18.5 Å². The number of carbonyl (C=O) groups excluding carboxylic acids is 2. The lowest BCUT2D eigenvalue weighted by molar-refractivity contribution is -0.136. The molecule has 0 bridgehead atoms. The fraction of sp³-hybridized carbons (Fsp3) is 0.480. The van der Waals surface area contributed by atoms with Gasteiger partial charge in [-0.1, -0.05) is 30.3 Å². The number of likely N-dealkylation sites (N-methyl/N-ethyl adjacent to an activating group) is 1. The minimum atomic E-state index is -0.691. The van der Waals surface area contributed by atoms with Crippen LogP contribution in [-0.2, 0) is 24.2 Å². The minimum absolute atomic E-state index is 0.0429. The van der Waals surface area contributed by atoms with Crippen LogP contribution in [-0.4, -0.2) is 62.8 Å². The van der Waals surface area contributed by atoms with E-state index >= 15 is 0 Å².